The summed E-state index contributed by atoms with van der Waals surface area (Å²) in [6, 6.07) is 8.03. The summed E-state index contributed by atoms with van der Waals surface area (Å²) in [6.45, 7) is 6.14. The molecule has 1 aromatic carbocycles. The lowest BCUT2D eigenvalue weighted by Gasteiger charge is -2.06. The van der Waals surface area contributed by atoms with E-state index in [0.29, 0.717) is 17.3 Å². The van der Waals surface area contributed by atoms with E-state index in [1.807, 2.05) is 25.1 Å². The van der Waals surface area contributed by atoms with Crippen molar-refractivity contribution in [3.8, 4) is 23.1 Å². The number of rotatable bonds is 3. The number of methoxy groups -OCH3 is 1. The molecule has 0 saturated carbocycles. The highest BCUT2D eigenvalue weighted by Gasteiger charge is 2.19. The number of hydrogen-bond acceptors (Lipinski definition) is 5. The second kappa shape index (κ2) is 5.43. The number of nitriles is 1. The van der Waals surface area contributed by atoms with E-state index in [0.717, 1.165) is 26.8 Å². The maximum Gasteiger partial charge on any atom is 0.214 e. The Morgan fingerprint density at radius 1 is 1.36 bits per heavy atom. The number of benzene rings is 1. The zero-order valence-corrected chi connectivity index (χ0v) is 13.7. The topological polar surface area (TPSA) is 63.2 Å². The van der Waals surface area contributed by atoms with Gasteiger partial charge in [-0.25, -0.2) is 4.98 Å². The predicted octanol–water partition coefficient (Wildman–Crippen LogP) is 3.77. The Kier molecular flexibility index (Phi) is 3.59. The van der Waals surface area contributed by atoms with Crippen molar-refractivity contribution in [1.82, 2.24) is 14.6 Å². The lowest BCUT2D eigenvalue weighted by atomic mass is 10.1. The monoisotopic (exact) mass is 312 g/mol. The first-order chi connectivity index (χ1) is 10.5. The summed E-state index contributed by atoms with van der Waals surface area (Å²) in [6.07, 6.45) is 0. The maximum atomic E-state index is 9.51. The summed E-state index contributed by atoms with van der Waals surface area (Å²) in [5.74, 6) is 1.15. The molecule has 0 fully saturated rings. The van der Waals surface area contributed by atoms with E-state index in [-0.39, 0.29) is 0 Å². The Morgan fingerprint density at radius 2 is 2.14 bits per heavy atom. The van der Waals surface area contributed by atoms with Crippen molar-refractivity contribution in [2.45, 2.75) is 26.7 Å². The second-order valence-electron chi connectivity index (χ2n) is 5.39. The van der Waals surface area contributed by atoms with Gasteiger partial charge in [-0.15, -0.1) is 0 Å². The van der Waals surface area contributed by atoms with Gasteiger partial charge in [-0.1, -0.05) is 25.2 Å². The number of imidazole rings is 1. The van der Waals surface area contributed by atoms with Gasteiger partial charge in [-0.05, 0) is 30.7 Å². The fourth-order valence-electron chi connectivity index (χ4n) is 2.32. The van der Waals surface area contributed by atoms with Crippen LogP contribution in [0.5, 0.6) is 5.75 Å². The molecule has 0 atom stereocenters. The summed E-state index contributed by atoms with van der Waals surface area (Å²) < 4.78 is 6.93. The highest BCUT2D eigenvalue weighted by Crippen LogP contribution is 2.31. The molecule has 0 aliphatic rings. The number of nitrogens with zero attached hydrogens (tertiary/aromatic N) is 4. The van der Waals surface area contributed by atoms with E-state index >= 15 is 0 Å². The third-order valence-electron chi connectivity index (χ3n) is 3.49. The Hall–Kier alpha value is -2.39. The molecule has 0 unspecified atom stereocenters. The third kappa shape index (κ3) is 2.24. The number of aromatic nitrogens is 3. The van der Waals surface area contributed by atoms with Crippen LogP contribution in [0.1, 0.15) is 36.0 Å². The van der Waals surface area contributed by atoms with Gasteiger partial charge < -0.3 is 4.74 Å². The highest BCUT2D eigenvalue weighted by molar-refractivity contribution is 7.16. The van der Waals surface area contributed by atoms with Crippen LogP contribution in [0.25, 0.3) is 16.2 Å². The fourth-order valence-corrected chi connectivity index (χ4v) is 3.22. The summed E-state index contributed by atoms with van der Waals surface area (Å²) >= 11 is 1.53. The molecule has 2 aromatic heterocycles. The van der Waals surface area contributed by atoms with E-state index in [1.54, 1.807) is 11.6 Å². The molecule has 0 aliphatic heterocycles. The number of fused-ring (bicyclic) bond motifs is 1. The van der Waals surface area contributed by atoms with Crippen LogP contribution in [0, 0.1) is 18.3 Å². The van der Waals surface area contributed by atoms with Gasteiger partial charge in [-0.2, -0.15) is 14.9 Å². The van der Waals surface area contributed by atoms with E-state index in [1.165, 1.54) is 11.3 Å². The molecule has 0 amide bonds. The molecule has 2 heterocycles. The van der Waals surface area contributed by atoms with E-state index in [9.17, 15) is 5.26 Å². The summed E-state index contributed by atoms with van der Waals surface area (Å²) in [5, 5.41) is 15.0. The lowest BCUT2D eigenvalue weighted by Crippen LogP contribution is -1.94. The van der Waals surface area contributed by atoms with Crippen molar-refractivity contribution < 1.29 is 4.74 Å². The second-order valence-corrected chi connectivity index (χ2v) is 6.38. The van der Waals surface area contributed by atoms with E-state index in [4.69, 9.17) is 4.74 Å². The van der Waals surface area contributed by atoms with Gasteiger partial charge in [0.1, 0.15) is 22.5 Å². The number of aryl methyl sites for hydroxylation is 1. The quantitative estimate of drug-likeness (QED) is 0.738. The Bertz CT molecular complexity index is 886. The molecule has 0 radical (unpaired) electrons. The van der Waals surface area contributed by atoms with Gasteiger partial charge in [0, 0.05) is 11.5 Å². The molecule has 22 heavy (non-hydrogen) atoms. The van der Waals surface area contributed by atoms with Crippen LogP contribution >= 0.6 is 11.3 Å². The van der Waals surface area contributed by atoms with Gasteiger partial charge in [0.15, 0.2) is 5.69 Å². The van der Waals surface area contributed by atoms with E-state index in [2.05, 4.69) is 30.0 Å². The molecular formula is C16H16N4OS. The smallest absolute Gasteiger partial charge is 0.214 e. The lowest BCUT2D eigenvalue weighted by molar-refractivity contribution is 0.412. The molecule has 3 aromatic rings. The molecule has 0 bridgehead atoms. The standard InChI is InChI=1S/C16H16N4OS/c1-9(2)15-19-20-12(8-17)14(18-16(20)22-15)11-5-6-13(21-4)10(3)7-11/h5-7,9H,1-4H3. The Balaban J connectivity index is 2.17. The minimum Gasteiger partial charge on any atom is -0.496 e. The average molecular weight is 312 g/mol. The van der Waals surface area contributed by atoms with Gasteiger partial charge in [0.05, 0.1) is 7.11 Å². The van der Waals surface area contributed by atoms with E-state index < -0.39 is 0 Å². The molecule has 6 heteroatoms. The maximum absolute atomic E-state index is 9.51. The molecule has 0 aliphatic carbocycles. The molecule has 0 N–H and O–H groups in total. The SMILES string of the molecule is COc1ccc(-c2nc3sc(C(C)C)nn3c2C#N)cc1C. The Labute approximate surface area is 132 Å². The van der Waals surface area contributed by atoms with Crippen molar-refractivity contribution in [2.24, 2.45) is 0 Å². The third-order valence-corrected chi connectivity index (χ3v) is 4.70. The van der Waals surface area contributed by atoms with Crippen LogP contribution in [-0.4, -0.2) is 21.7 Å². The predicted molar refractivity (Wildman–Crippen MR) is 86.4 cm³/mol. The molecule has 0 saturated heterocycles. The largest absolute Gasteiger partial charge is 0.496 e. The van der Waals surface area contributed by atoms with Gasteiger partial charge >= 0.3 is 0 Å². The van der Waals surface area contributed by atoms with Crippen LogP contribution in [-0.2, 0) is 0 Å². The minimum atomic E-state index is 0.324. The first-order valence-electron chi connectivity index (χ1n) is 6.99. The van der Waals surface area contributed by atoms with Crippen molar-refractivity contribution in [3.63, 3.8) is 0 Å². The van der Waals surface area contributed by atoms with Crippen molar-refractivity contribution in [2.75, 3.05) is 7.11 Å². The van der Waals surface area contributed by atoms with Gasteiger partial charge in [0.2, 0.25) is 4.96 Å². The summed E-state index contributed by atoms with van der Waals surface area (Å²) in [7, 11) is 1.65. The fraction of sp³-hybridized carbons (Fsp3) is 0.312. The Morgan fingerprint density at radius 3 is 2.73 bits per heavy atom. The van der Waals surface area contributed by atoms with Crippen LogP contribution in [0.15, 0.2) is 18.2 Å². The number of ether oxygens (including phenoxy) is 1. The molecular weight excluding hydrogens is 296 g/mol. The normalized spacial score (nSPS) is 11.1. The average Bonchev–Trinajstić information content (AvgIpc) is 3.04. The van der Waals surface area contributed by atoms with Crippen LogP contribution in [0.4, 0.5) is 0 Å². The molecule has 112 valence electrons. The van der Waals surface area contributed by atoms with Crippen molar-refractivity contribution in [3.05, 3.63) is 34.5 Å². The number of hydrogen-bond donors (Lipinski definition) is 0. The minimum absolute atomic E-state index is 0.324. The highest BCUT2D eigenvalue weighted by atomic mass is 32.1. The summed E-state index contributed by atoms with van der Waals surface area (Å²) in [5.41, 5.74) is 3.06. The van der Waals surface area contributed by atoms with Crippen LogP contribution < -0.4 is 4.74 Å². The van der Waals surface area contributed by atoms with Gasteiger partial charge in [0.25, 0.3) is 0 Å². The molecule has 3 rings (SSSR count). The first-order valence-corrected chi connectivity index (χ1v) is 7.81. The molecule has 5 nitrogen and oxygen atoms in total. The van der Waals surface area contributed by atoms with Crippen molar-refractivity contribution >= 4 is 16.3 Å². The zero-order chi connectivity index (χ0) is 15.9. The zero-order valence-electron chi connectivity index (χ0n) is 12.9. The van der Waals surface area contributed by atoms with Crippen LogP contribution in [0.2, 0.25) is 0 Å². The summed E-state index contributed by atoms with van der Waals surface area (Å²) in [4.78, 5) is 5.36. The van der Waals surface area contributed by atoms with Crippen molar-refractivity contribution in [1.29, 1.82) is 5.26 Å². The first kappa shape index (κ1) is 14.5. The molecule has 0 spiro atoms. The van der Waals surface area contributed by atoms with Crippen LogP contribution in [0.3, 0.4) is 0 Å². The van der Waals surface area contributed by atoms with Gasteiger partial charge in [-0.3, -0.25) is 0 Å².